The number of ether oxygens (including phenoxy) is 2. The highest BCUT2D eigenvalue weighted by Gasteiger charge is 1.98. The summed E-state index contributed by atoms with van der Waals surface area (Å²) in [5.41, 5.74) is 1.11. The molecule has 0 bridgehead atoms. The largest absolute Gasteiger partial charge is 0.497 e. The number of aliphatic imine (C=N–C) groups is 1. The van der Waals surface area contributed by atoms with Crippen LogP contribution in [0.3, 0.4) is 0 Å². The minimum Gasteiger partial charge on any atom is -0.497 e. The molecule has 1 aromatic rings. The highest BCUT2D eigenvalue weighted by molar-refractivity contribution is 14.0. The third kappa shape index (κ3) is 10.0. The maximum atomic E-state index is 5.30. The molecule has 0 unspecified atom stereocenters. The molecule has 0 aromatic heterocycles. The van der Waals surface area contributed by atoms with E-state index in [2.05, 4.69) is 21.5 Å². The maximum absolute atomic E-state index is 5.30. The summed E-state index contributed by atoms with van der Waals surface area (Å²) in [7, 11) is 1.65. The number of halogens is 1. The predicted molar refractivity (Wildman–Crippen MR) is 105 cm³/mol. The molecule has 0 fully saturated rings. The van der Waals surface area contributed by atoms with Crippen molar-refractivity contribution in [1.29, 1.82) is 0 Å². The van der Waals surface area contributed by atoms with Crippen LogP contribution in [0.15, 0.2) is 29.3 Å². The van der Waals surface area contributed by atoms with Crippen LogP contribution in [0.1, 0.15) is 18.9 Å². The lowest BCUT2D eigenvalue weighted by Crippen LogP contribution is -2.38. The maximum Gasteiger partial charge on any atom is 0.192 e. The van der Waals surface area contributed by atoms with Crippen molar-refractivity contribution in [2.45, 2.75) is 19.9 Å². The molecule has 0 spiro atoms. The highest BCUT2D eigenvalue weighted by Crippen LogP contribution is 2.11. The monoisotopic (exact) mass is 431 g/mol. The van der Waals surface area contributed by atoms with Crippen LogP contribution in [-0.4, -0.2) is 39.4 Å². The summed E-state index contributed by atoms with van der Waals surface area (Å²) in [6.07, 6.45) is 6.20. The van der Waals surface area contributed by atoms with Gasteiger partial charge in [-0.3, -0.25) is 0 Å². The first-order valence-corrected chi connectivity index (χ1v) is 7.46. The van der Waals surface area contributed by atoms with E-state index < -0.39 is 0 Å². The summed E-state index contributed by atoms with van der Waals surface area (Å²) in [5.74, 6) is 4.10. The number of guanidine groups is 1. The average Bonchev–Trinajstić information content (AvgIpc) is 2.57. The Morgan fingerprint density at radius 1 is 1.26 bits per heavy atom. The minimum atomic E-state index is 0. The lowest BCUT2D eigenvalue weighted by atomic mass is 10.2. The predicted octanol–water partition coefficient (Wildman–Crippen LogP) is 2.41. The quantitative estimate of drug-likeness (QED) is 0.207. The zero-order chi connectivity index (χ0) is 16.0. The van der Waals surface area contributed by atoms with Crippen LogP contribution in [0.5, 0.6) is 5.75 Å². The van der Waals surface area contributed by atoms with Crippen LogP contribution in [0.2, 0.25) is 0 Å². The molecule has 0 atom stereocenters. The van der Waals surface area contributed by atoms with Crippen molar-refractivity contribution in [2.24, 2.45) is 4.99 Å². The summed E-state index contributed by atoms with van der Waals surface area (Å²) in [5, 5.41) is 6.34. The van der Waals surface area contributed by atoms with Gasteiger partial charge in [0.25, 0.3) is 0 Å². The van der Waals surface area contributed by atoms with Crippen LogP contribution >= 0.6 is 24.0 Å². The zero-order valence-corrected chi connectivity index (χ0v) is 16.1. The summed E-state index contributed by atoms with van der Waals surface area (Å²) >= 11 is 0. The van der Waals surface area contributed by atoms with Gasteiger partial charge in [-0.25, -0.2) is 4.99 Å². The van der Waals surface area contributed by atoms with Crippen LogP contribution in [0.25, 0.3) is 0 Å². The van der Waals surface area contributed by atoms with E-state index in [-0.39, 0.29) is 24.0 Å². The van der Waals surface area contributed by atoms with Crippen LogP contribution in [0, 0.1) is 12.3 Å². The van der Waals surface area contributed by atoms with E-state index in [1.54, 1.807) is 7.11 Å². The Kier molecular flexibility index (Phi) is 13.3. The van der Waals surface area contributed by atoms with Gasteiger partial charge in [-0.15, -0.1) is 30.4 Å². The van der Waals surface area contributed by atoms with Crippen LogP contribution in [-0.2, 0) is 11.3 Å². The van der Waals surface area contributed by atoms with Gasteiger partial charge in [-0.2, -0.15) is 0 Å². The van der Waals surface area contributed by atoms with Crippen molar-refractivity contribution in [2.75, 3.05) is 33.4 Å². The second-order valence-electron chi connectivity index (χ2n) is 4.55. The first kappa shape index (κ1) is 21.5. The Labute approximate surface area is 156 Å². The number of nitrogens with one attached hydrogen (secondary N) is 2. The summed E-state index contributed by atoms with van der Waals surface area (Å²) < 4.78 is 10.4. The summed E-state index contributed by atoms with van der Waals surface area (Å²) in [6, 6.07) is 7.84. The zero-order valence-electron chi connectivity index (χ0n) is 13.8. The lowest BCUT2D eigenvalue weighted by molar-refractivity contribution is 0.145. The van der Waals surface area contributed by atoms with Crippen molar-refractivity contribution in [3.63, 3.8) is 0 Å². The van der Waals surface area contributed by atoms with E-state index in [0.29, 0.717) is 19.0 Å². The number of hydrogen-bond donors (Lipinski definition) is 2. The SMILES string of the molecule is C#CCNC(=NCc1ccc(OC)cc1)NCCCOCC.I. The summed E-state index contributed by atoms with van der Waals surface area (Å²) in [6.45, 7) is 5.29. The Bertz CT molecular complexity index is 484. The molecule has 0 aliphatic rings. The topological polar surface area (TPSA) is 54.9 Å². The number of hydrogen-bond acceptors (Lipinski definition) is 3. The molecule has 2 N–H and O–H groups in total. The molecule has 1 rings (SSSR count). The molecule has 6 heteroatoms. The van der Waals surface area contributed by atoms with Crippen LogP contribution in [0.4, 0.5) is 0 Å². The van der Waals surface area contributed by atoms with Gasteiger partial charge in [0.15, 0.2) is 5.96 Å². The Morgan fingerprint density at radius 2 is 2.00 bits per heavy atom. The fourth-order valence-corrected chi connectivity index (χ4v) is 1.74. The van der Waals surface area contributed by atoms with Gasteiger partial charge in [-0.05, 0) is 31.0 Å². The first-order chi connectivity index (χ1) is 10.8. The number of rotatable bonds is 9. The van der Waals surface area contributed by atoms with E-state index in [4.69, 9.17) is 15.9 Å². The number of nitrogens with zero attached hydrogens (tertiary/aromatic N) is 1. The molecular formula is C17H26IN3O2. The smallest absolute Gasteiger partial charge is 0.192 e. The van der Waals surface area contributed by atoms with Crippen molar-refractivity contribution in [3.05, 3.63) is 29.8 Å². The molecular weight excluding hydrogens is 405 g/mol. The van der Waals surface area contributed by atoms with Gasteiger partial charge in [0, 0.05) is 19.8 Å². The van der Waals surface area contributed by atoms with Gasteiger partial charge in [0.2, 0.25) is 0 Å². The fourth-order valence-electron chi connectivity index (χ4n) is 1.74. The van der Waals surface area contributed by atoms with Crippen LogP contribution < -0.4 is 15.4 Å². The molecule has 128 valence electrons. The van der Waals surface area contributed by atoms with E-state index in [1.165, 1.54) is 0 Å². The van der Waals surface area contributed by atoms with Gasteiger partial charge in [0.1, 0.15) is 5.75 Å². The molecule has 0 aliphatic heterocycles. The molecule has 5 nitrogen and oxygen atoms in total. The first-order valence-electron chi connectivity index (χ1n) is 7.46. The van der Waals surface area contributed by atoms with Gasteiger partial charge >= 0.3 is 0 Å². The van der Waals surface area contributed by atoms with E-state index in [0.717, 1.165) is 37.5 Å². The lowest BCUT2D eigenvalue weighted by Gasteiger charge is -2.11. The molecule has 0 saturated carbocycles. The third-order valence-corrected chi connectivity index (χ3v) is 2.90. The molecule has 0 saturated heterocycles. The van der Waals surface area contributed by atoms with Crippen molar-refractivity contribution in [1.82, 2.24) is 10.6 Å². The van der Waals surface area contributed by atoms with Crippen molar-refractivity contribution in [3.8, 4) is 18.1 Å². The third-order valence-electron chi connectivity index (χ3n) is 2.90. The average molecular weight is 431 g/mol. The highest BCUT2D eigenvalue weighted by atomic mass is 127. The van der Waals surface area contributed by atoms with E-state index in [9.17, 15) is 0 Å². The molecule has 0 aliphatic carbocycles. The Morgan fingerprint density at radius 3 is 2.61 bits per heavy atom. The Hall–Kier alpha value is -1.46. The van der Waals surface area contributed by atoms with Crippen molar-refractivity contribution < 1.29 is 9.47 Å². The molecule has 0 amide bonds. The molecule has 1 aromatic carbocycles. The van der Waals surface area contributed by atoms with Crippen molar-refractivity contribution >= 4 is 29.9 Å². The second-order valence-corrected chi connectivity index (χ2v) is 4.55. The molecule has 23 heavy (non-hydrogen) atoms. The summed E-state index contributed by atoms with van der Waals surface area (Å²) in [4.78, 5) is 4.52. The fraction of sp³-hybridized carbons (Fsp3) is 0.471. The van der Waals surface area contributed by atoms with Gasteiger partial charge in [0.05, 0.1) is 20.2 Å². The molecule has 0 radical (unpaired) electrons. The van der Waals surface area contributed by atoms with Gasteiger partial charge < -0.3 is 20.1 Å². The normalized spacial score (nSPS) is 10.4. The molecule has 0 heterocycles. The minimum absolute atomic E-state index is 0. The number of methoxy groups -OCH3 is 1. The van der Waals surface area contributed by atoms with E-state index in [1.807, 2.05) is 31.2 Å². The second kappa shape index (κ2) is 14.2. The standard InChI is InChI=1S/C17H25N3O2.HI/c1-4-11-18-17(19-12-6-13-22-5-2)20-14-15-7-9-16(21-3)10-8-15;/h1,7-10H,5-6,11-14H2,2-3H3,(H2,18,19,20);1H. The Balaban J connectivity index is 0.00000484. The number of benzene rings is 1. The van der Waals surface area contributed by atoms with Gasteiger partial charge in [-0.1, -0.05) is 18.1 Å². The number of terminal acetylenes is 1. The van der Waals surface area contributed by atoms with E-state index >= 15 is 0 Å².